The van der Waals surface area contributed by atoms with Gasteiger partial charge in [-0.3, -0.25) is 4.79 Å². The summed E-state index contributed by atoms with van der Waals surface area (Å²) in [6.07, 6.45) is -5.55. The van der Waals surface area contributed by atoms with E-state index in [4.69, 9.17) is 9.90 Å². The molecule has 0 aliphatic carbocycles. The Balaban J connectivity index is 0.000000493. The van der Waals surface area contributed by atoms with Crippen LogP contribution in [0.25, 0.3) is 11.4 Å². The number of fused-ring (bicyclic) bond motifs is 1. The lowest BCUT2D eigenvalue weighted by atomic mass is 10.1. The van der Waals surface area contributed by atoms with Crippen molar-refractivity contribution in [1.29, 1.82) is 0 Å². The molecule has 0 radical (unpaired) electrons. The SMILES string of the molecule is O=C(O)C(F)(F)F.O=C1Cc2cc(Nc3cc(Nc4ccccc4-c4ncccn4)c(C(F)(F)F)cn3)ccc2N1. The van der Waals surface area contributed by atoms with E-state index in [9.17, 15) is 31.1 Å². The van der Waals surface area contributed by atoms with Gasteiger partial charge in [0.15, 0.2) is 5.82 Å². The van der Waals surface area contributed by atoms with Crippen molar-refractivity contribution in [2.24, 2.45) is 0 Å². The lowest BCUT2D eigenvalue weighted by molar-refractivity contribution is -0.192. The number of carboxylic acid groups (broad SMARTS) is 1. The van der Waals surface area contributed by atoms with Crippen LogP contribution in [0.15, 0.2) is 73.2 Å². The highest BCUT2D eigenvalue weighted by Gasteiger charge is 2.38. The van der Waals surface area contributed by atoms with Gasteiger partial charge in [0.05, 0.1) is 17.7 Å². The van der Waals surface area contributed by atoms with Gasteiger partial charge in [0.25, 0.3) is 0 Å². The van der Waals surface area contributed by atoms with E-state index in [2.05, 4.69) is 30.9 Å². The first-order valence-corrected chi connectivity index (χ1v) is 11.5. The largest absolute Gasteiger partial charge is 0.490 e. The summed E-state index contributed by atoms with van der Waals surface area (Å²) in [6, 6.07) is 15.0. The number of pyridine rings is 1. The number of aliphatic carboxylic acids is 1. The molecule has 9 nitrogen and oxygen atoms in total. The van der Waals surface area contributed by atoms with Crippen molar-refractivity contribution in [1.82, 2.24) is 15.0 Å². The summed E-state index contributed by atoms with van der Waals surface area (Å²) in [4.78, 5) is 32.8. The number of hydrogen-bond donors (Lipinski definition) is 4. The Labute approximate surface area is 227 Å². The Morgan fingerprint density at radius 1 is 0.878 bits per heavy atom. The third-order valence-corrected chi connectivity index (χ3v) is 5.46. The second kappa shape index (κ2) is 11.5. The van der Waals surface area contributed by atoms with E-state index in [0.717, 1.165) is 17.4 Å². The number of carbonyl (C=O) groups excluding carboxylic acids is 1. The Morgan fingerprint density at radius 3 is 2.22 bits per heavy atom. The highest BCUT2D eigenvalue weighted by atomic mass is 19.4. The van der Waals surface area contributed by atoms with Gasteiger partial charge in [0.1, 0.15) is 5.82 Å². The van der Waals surface area contributed by atoms with Gasteiger partial charge in [-0.1, -0.05) is 12.1 Å². The van der Waals surface area contributed by atoms with E-state index in [1.54, 1.807) is 60.9 Å². The maximum absolute atomic E-state index is 13.8. The molecule has 212 valence electrons. The van der Waals surface area contributed by atoms with Gasteiger partial charge in [0.2, 0.25) is 5.91 Å². The number of hydrogen-bond acceptors (Lipinski definition) is 7. The monoisotopic (exact) mass is 576 g/mol. The summed E-state index contributed by atoms with van der Waals surface area (Å²) < 4.78 is 73.0. The fraction of sp³-hybridized carbons (Fsp3) is 0.115. The Kier molecular flexibility index (Phi) is 8.07. The van der Waals surface area contributed by atoms with Gasteiger partial charge >= 0.3 is 18.3 Å². The molecule has 0 fully saturated rings. The van der Waals surface area contributed by atoms with Crippen molar-refractivity contribution in [3.8, 4) is 11.4 Å². The minimum absolute atomic E-state index is 0.104. The zero-order valence-corrected chi connectivity index (χ0v) is 20.5. The first-order chi connectivity index (χ1) is 19.3. The normalized spacial score (nSPS) is 12.5. The zero-order chi connectivity index (χ0) is 29.8. The van der Waals surface area contributed by atoms with Gasteiger partial charge < -0.3 is 21.1 Å². The van der Waals surface area contributed by atoms with Crippen LogP contribution in [-0.4, -0.2) is 38.1 Å². The Hall–Kier alpha value is -5.21. The summed E-state index contributed by atoms with van der Waals surface area (Å²) in [6.45, 7) is 0. The third kappa shape index (κ3) is 7.26. The second-order valence-corrected chi connectivity index (χ2v) is 8.38. The van der Waals surface area contributed by atoms with Gasteiger partial charge in [-0.2, -0.15) is 26.3 Å². The van der Waals surface area contributed by atoms with E-state index in [-0.39, 0.29) is 23.8 Å². The van der Waals surface area contributed by atoms with E-state index < -0.39 is 23.9 Å². The molecule has 0 unspecified atom stereocenters. The van der Waals surface area contributed by atoms with E-state index in [1.807, 2.05) is 0 Å². The first-order valence-electron chi connectivity index (χ1n) is 11.5. The molecule has 4 N–H and O–H groups in total. The van der Waals surface area contributed by atoms with Gasteiger partial charge in [-0.15, -0.1) is 0 Å². The van der Waals surface area contributed by atoms with Crippen LogP contribution in [0.4, 0.5) is 54.9 Å². The summed E-state index contributed by atoms with van der Waals surface area (Å²) >= 11 is 0. The fourth-order valence-electron chi connectivity index (χ4n) is 3.68. The molecule has 4 aromatic rings. The van der Waals surface area contributed by atoms with E-state index in [1.165, 1.54) is 6.07 Å². The summed E-state index contributed by atoms with van der Waals surface area (Å²) in [5, 5.41) is 15.8. The number of carboxylic acids is 1. The molecule has 15 heteroatoms. The third-order valence-electron chi connectivity index (χ3n) is 5.46. The highest BCUT2D eigenvalue weighted by molar-refractivity contribution is 5.99. The average molecular weight is 576 g/mol. The predicted molar refractivity (Wildman–Crippen MR) is 136 cm³/mol. The van der Waals surface area contributed by atoms with Gasteiger partial charge in [0, 0.05) is 47.3 Å². The maximum Gasteiger partial charge on any atom is 0.490 e. The van der Waals surface area contributed by atoms with Gasteiger partial charge in [-0.25, -0.2) is 19.7 Å². The molecule has 1 aliphatic heterocycles. The maximum atomic E-state index is 13.8. The number of aromatic nitrogens is 3. The van der Waals surface area contributed by atoms with Crippen LogP contribution in [0.2, 0.25) is 0 Å². The van der Waals surface area contributed by atoms with E-state index in [0.29, 0.717) is 22.8 Å². The topological polar surface area (TPSA) is 129 Å². The Morgan fingerprint density at radius 2 is 1.56 bits per heavy atom. The molecule has 2 aromatic carbocycles. The minimum atomic E-state index is -5.08. The van der Waals surface area contributed by atoms with Crippen molar-refractivity contribution in [2.45, 2.75) is 18.8 Å². The molecule has 0 atom stereocenters. The number of alkyl halides is 6. The predicted octanol–water partition coefficient (Wildman–Crippen LogP) is 6.17. The van der Waals surface area contributed by atoms with Crippen molar-refractivity contribution in [3.05, 3.63) is 84.3 Å². The van der Waals surface area contributed by atoms with Crippen LogP contribution in [0.3, 0.4) is 0 Å². The number of halogens is 6. The minimum Gasteiger partial charge on any atom is -0.475 e. The van der Waals surface area contributed by atoms with Crippen LogP contribution in [-0.2, 0) is 22.2 Å². The van der Waals surface area contributed by atoms with Crippen molar-refractivity contribution in [3.63, 3.8) is 0 Å². The fourth-order valence-corrected chi connectivity index (χ4v) is 3.68. The second-order valence-electron chi connectivity index (χ2n) is 8.38. The zero-order valence-electron chi connectivity index (χ0n) is 20.5. The molecule has 0 spiro atoms. The number of benzene rings is 2. The number of para-hydroxylation sites is 1. The quantitative estimate of drug-likeness (QED) is 0.208. The lowest BCUT2D eigenvalue weighted by Gasteiger charge is -2.18. The van der Waals surface area contributed by atoms with Crippen LogP contribution in [0, 0.1) is 0 Å². The van der Waals surface area contributed by atoms with Crippen molar-refractivity contribution in [2.75, 3.05) is 16.0 Å². The molecule has 0 bridgehead atoms. The summed E-state index contributed by atoms with van der Waals surface area (Å²) in [7, 11) is 0. The molecule has 5 rings (SSSR count). The molecule has 1 amide bonds. The number of anilines is 5. The molecular weight excluding hydrogens is 558 g/mol. The highest BCUT2D eigenvalue weighted by Crippen LogP contribution is 2.39. The smallest absolute Gasteiger partial charge is 0.475 e. The standard InChI is InChI=1S/C24H17F3N6O.C2HF3O2/c25-24(26,27)17-13-30-21(31-15-6-7-18-14(10-15)11-22(34)33-18)12-20(17)32-19-5-2-1-4-16(19)23-28-8-3-9-29-23;3-2(4,5)1(6)7/h1-10,12-13H,11H2,(H,33,34)(H2,30,31,32);(H,6,7). The average Bonchev–Trinajstić information content (AvgIpc) is 3.28. The molecule has 3 heterocycles. The van der Waals surface area contributed by atoms with E-state index >= 15 is 0 Å². The van der Waals surface area contributed by atoms with Crippen LogP contribution in [0.5, 0.6) is 0 Å². The summed E-state index contributed by atoms with van der Waals surface area (Å²) in [5.74, 6) is -2.27. The number of rotatable bonds is 5. The van der Waals surface area contributed by atoms with Crippen LogP contribution in [0.1, 0.15) is 11.1 Å². The van der Waals surface area contributed by atoms with Crippen molar-refractivity contribution >= 4 is 40.4 Å². The number of nitrogens with zero attached hydrogens (tertiary/aromatic N) is 3. The van der Waals surface area contributed by atoms with Crippen LogP contribution >= 0.6 is 0 Å². The number of carbonyl (C=O) groups is 2. The molecule has 41 heavy (non-hydrogen) atoms. The molecule has 0 saturated heterocycles. The molecule has 2 aromatic heterocycles. The molecule has 0 saturated carbocycles. The lowest BCUT2D eigenvalue weighted by Crippen LogP contribution is -2.21. The van der Waals surface area contributed by atoms with Crippen molar-refractivity contribution < 1.29 is 41.0 Å². The van der Waals surface area contributed by atoms with Gasteiger partial charge in [-0.05, 0) is 42.0 Å². The first kappa shape index (κ1) is 28.8. The number of nitrogens with one attached hydrogen (secondary N) is 3. The van der Waals surface area contributed by atoms with Crippen LogP contribution < -0.4 is 16.0 Å². The Bertz CT molecular complexity index is 1580. The number of amides is 1. The molecular formula is C26H18F6N6O3. The summed E-state index contributed by atoms with van der Waals surface area (Å²) in [5.41, 5.74) is 2.01. The molecule has 1 aliphatic rings.